The molecule has 4 heteroatoms. The van der Waals surface area contributed by atoms with Gasteiger partial charge in [-0.1, -0.05) is 68.4 Å². The zero-order valence-electron chi connectivity index (χ0n) is 19.7. The Morgan fingerprint density at radius 3 is 1.67 bits per heavy atom. The van der Waals surface area contributed by atoms with Gasteiger partial charge in [0.05, 0.1) is 5.92 Å². The standard InChI is InChI=1S/C29H31NO3/c1-20(2)27(31)19-18-26(29(33)24-14-16-25(17-15-24)30(3)4)28(32)23-12-10-22(11-13-23)21-8-6-5-7-9-21/h5-17,20,26H,18-19H2,1-4H3. The van der Waals surface area contributed by atoms with Gasteiger partial charge in [-0.15, -0.1) is 0 Å². The van der Waals surface area contributed by atoms with Crippen LogP contribution in [0.1, 0.15) is 47.4 Å². The predicted octanol–water partition coefficient (Wildman–Crippen LogP) is 6.11. The molecule has 0 spiro atoms. The fraction of sp³-hybridized carbons (Fsp3) is 0.276. The van der Waals surface area contributed by atoms with Crippen molar-refractivity contribution < 1.29 is 14.4 Å². The van der Waals surface area contributed by atoms with Crippen LogP contribution >= 0.6 is 0 Å². The van der Waals surface area contributed by atoms with E-state index in [0.717, 1.165) is 16.8 Å². The second-order valence-electron chi connectivity index (χ2n) is 8.83. The smallest absolute Gasteiger partial charge is 0.173 e. The van der Waals surface area contributed by atoms with Crippen molar-refractivity contribution in [3.8, 4) is 11.1 Å². The van der Waals surface area contributed by atoms with Crippen molar-refractivity contribution in [3.05, 3.63) is 90.0 Å². The van der Waals surface area contributed by atoms with Crippen molar-refractivity contribution in [1.82, 2.24) is 0 Å². The zero-order chi connectivity index (χ0) is 24.0. The van der Waals surface area contributed by atoms with E-state index in [1.807, 2.05) is 87.4 Å². The summed E-state index contributed by atoms with van der Waals surface area (Å²) >= 11 is 0. The highest BCUT2D eigenvalue weighted by Crippen LogP contribution is 2.25. The normalized spacial score (nSPS) is 11.8. The predicted molar refractivity (Wildman–Crippen MR) is 134 cm³/mol. The van der Waals surface area contributed by atoms with Crippen LogP contribution in [0.4, 0.5) is 5.69 Å². The molecule has 3 aromatic rings. The molecule has 3 rings (SSSR count). The average molecular weight is 442 g/mol. The van der Waals surface area contributed by atoms with Gasteiger partial charge in [0, 0.05) is 43.2 Å². The Bertz CT molecular complexity index is 1100. The second-order valence-corrected chi connectivity index (χ2v) is 8.83. The Labute approximate surface area is 196 Å². The summed E-state index contributed by atoms with van der Waals surface area (Å²) in [4.78, 5) is 41.0. The molecule has 33 heavy (non-hydrogen) atoms. The van der Waals surface area contributed by atoms with E-state index in [0.29, 0.717) is 11.1 Å². The third-order valence-electron chi connectivity index (χ3n) is 5.90. The number of Topliss-reactive ketones (excluding diaryl/α,β-unsaturated/α-hetero) is 3. The molecule has 0 aliphatic rings. The molecule has 0 aliphatic carbocycles. The van der Waals surface area contributed by atoms with Gasteiger partial charge in [-0.25, -0.2) is 0 Å². The zero-order valence-corrected chi connectivity index (χ0v) is 19.7. The Hall–Kier alpha value is -3.53. The summed E-state index contributed by atoms with van der Waals surface area (Å²) in [6.07, 6.45) is 0.419. The molecule has 3 aromatic carbocycles. The minimum absolute atomic E-state index is 0.0583. The molecule has 0 radical (unpaired) electrons. The SMILES string of the molecule is CC(C)C(=O)CCC(C(=O)c1ccc(-c2ccccc2)cc1)C(=O)c1ccc(N(C)C)cc1. The highest BCUT2D eigenvalue weighted by atomic mass is 16.2. The first-order valence-corrected chi connectivity index (χ1v) is 11.3. The monoisotopic (exact) mass is 441 g/mol. The van der Waals surface area contributed by atoms with Crippen LogP contribution in [-0.2, 0) is 4.79 Å². The number of rotatable bonds is 10. The summed E-state index contributed by atoms with van der Waals surface area (Å²) in [6, 6.07) is 24.5. The Balaban J connectivity index is 1.86. The second kappa shape index (κ2) is 10.9. The van der Waals surface area contributed by atoms with Crippen LogP contribution in [0.25, 0.3) is 11.1 Å². The molecular formula is C29H31NO3. The molecule has 0 fully saturated rings. The van der Waals surface area contributed by atoms with E-state index < -0.39 is 5.92 Å². The maximum atomic E-state index is 13.4. The maximum absolute atomic E-state index is 13.4. The lowest BCUT2D eigenvalue weighted by molar-refractivity contribution is -0.122. The minimum atomic E-state index is -0.888. The molecule has 170 valence electrons. The van der Waals surface area contributed by atoms with E-state index in [1.165, 1.54) is 0 Å². The number of ketones is 3. The molecule has 0 bridgehead atoms. The number of carbonyl (C=O) groups excluding carboxylic acids is 3. The minimum Gasteiger partial charge on any atom is -0.378 e. The van der Waals surface area contributed by atoms with Crippen LogP contribution in [-0.4, -0.2) is 31.4 Å². The van der Waals surface area contributed by atoms with E-state index in [-0.39, 0.29) is 36.1 Å². The first-order valence-electron chi connectivity index (χ1n) is 11.3. The van der Waals surface area contributed by atoms with Crippen molar-refractivity contribution in [2.24, 2.45) is 11.8 Å². The van der Waals surface area contributed by atoms with Crippen LogP contribution in [0.15, 0.2) is 78.9 Å². The molecule has 0 saturated carbocycles. The van der Waals surface area contributed by atoms with Gasteiger partial charge in [0.25, 0.3) is 0 Å². The molecule has 0 saturated heterocycles. The van der Waals surface area contributed by atoms with Gasteiger partial charge in [0.2, 0.25) is 0 Å². The maximum Gasteiger partial charge on any atom is 0.173 e. The van der Waals surface area contributed by atoms with Crippen molar-refractivity contribution >= 4 is 23.0 Å². The van der Waals surface area contributed by atoms with Crippen LogP contribution in [0.5, 0.6) is 0 Å². The number of carbonyl (C=O) groups is 3. The number of hydrogen-bond donors (Lipinski definition) is 0. The van der Waals surface area contributed by atoms with Crippen molar-refractivity contribution in [3.63, 3.8) is 0 Å². The van der Waals surface area contributed by atoms with Crippen LogP contribution in [0.3, 0.4) is 0 Å². The largest absolute Gasteiger partial charge is 0.378 e. The quantitative estimate of drug-likeness (QED) is 0.281. The molecule has 0 heterocycles. The van der Waals surface area contributed by atoms with Gasteiger partial charge in [0.1, 0.15) is 5.78 Å². The number of hydrogen-bond acceptors (Lipinski definition) is 4. The van der Waals surface area contributed by atoms with Gasteiger partial charge in [-0.05, 0) is 41.8 Å². The number of nitrogens with zero attached hydrogens (tertiary/aromatic N) is 1. The molecule has 4 nitrogen and oxygen atoms in total. The molecule has 1 atom stereocenters. The number of anilines is 1. The lowest BCUT2D eigenvalue weighted by Gasteiger charge is -2.17. The summed E-state index contributed by atoms with van der Waals surface area (Å²) in [5.74, 6) is -1.44. The first kappa shape index (κ1) is 24.1. The van der Waals surface area contributed by atoms with Crippen molar-refractivity contribution in [2.75, 3.05) is 19.0 Å². The first-order chi connectivity index (χ1) is 15.8. The van der Waals surface area contributed by atoms with E-state index >= 15 is 0 Å². The number of benzene rings is 3. The van der Waals surface area contributed by atoms with Gasteiger partial charge >= 0.3 is 0 Å². The average Bonchev–Trinajstić information content (AvgIpc) is 2.84. The summed E-state index contributed by atoms with van der Waals surface area (Å²) in [6.45, 7) is 3.67. The van der Waals surface area contributed by atoms with Gasteiger partial charge < -0.3 is 4.90 Å². The van der Waals surface area contributed by atoms with E-state index in [2.05, 4.69) is 0 Å². The van der Waals surface area contributed by atoms with Gasteiger partial charge in [-0.2, -0.15) is 0 Å². The van der Waals surface area contributed by atoms with Gasteiger partial charge in [-0.3, -0.25) is 14.4 Å². The Morgan fingerprint density at radius 2 is 1.18 bits per heavy atom. The van der Waals surface area contributed by atoms with Gasteiger partial charge in [0.15, 0.2) is 11.6 Å². The summed E-state index contributed by atoms with van der Waals surface area (Å²) < 4.78 is 0. The molecule has 0 amide bonds. The summed E-state index contributed by atoms with van der Waals surface area (Å²) in [5.41, 5.74) is 4.00. The lowest BCUT2D eigenvalue weighted by atomic mass is 9.85. The van der Waals surface area contributed by atoms with E-state index in [1.54, 1.807) is 24.3 Å². The van der Waals surface area contributed by atoms with Crippen molar-refractivity contribution in [1.29, 1.82) is 0 Å². The topological polar surface area (TPSA) is 54.5 Å². The fourth-order valence-corrected chi connectivity index (χ4v) is 3.74. The summed E-state index contributed by atoms with van der Waals surface area (Å²) in [7, 11) is 3.86. The summed E-state index contributed by atoms with van der Waals surface area (Å²) in [5, 5.41) is 0. The molecule has 0 N–H and O–H groups in total. The van der Waals surface area contributed by atoms with Crippen LogP contribution < -0.4 is 4.90 Å². The molecule has 0 aliphatic heterocycles. The highest BCUT2D eigenvalue weighted by Gasteiger charge is 2.29. The molecule has 0 aromatic heterocycles. The fourth-order valence-electron chi connectivity index (χ4n) is 3.74. The third-order valence-corrected chi connectivity index (χ3v) is 5.90. The lowest BCUT2D eigenvalue weighted by Crippen LogP contribution is -2.26. The Morgan fingerprint density at radius 1 is 0.697 bits per heavy atom. The Kier molecular flexibility index (Phi) is 7.94. The van der Waals surface area contributed by atoms with Crippen molar-refractivity contribution in [2.45, 2.75) is 26.7 Å². The van der Waals surface area contributed by atoms with Crippen LogP contribution in [0.2, 0.25) is 0 Å². The third kappa shape index (κ3) is 6.04. The molecule has 1 unspecified atom stereocenters. The van der Waals surface area contributed by atoms with E-state index in [4.69, 9.17) is 0 Å². The highest BCUT2D eigenvalue weighted by molar-refractivity contribution is 6.16. The van der Waals surface area contributed by atoms with Crippen LogP contribution in [0, 0.1) is 11.8 Å². The molecular weight excluding hydrogens is 410 g/mol. The van der Waals surface area contributed by atoms with E-state index in [9.17, 15) is 14.4 Å².